The summed E-state index contributed by atoms with van der Waals surface area (Å²) in [7, 11) is 0. The topological polar surface area (TPSA) is 80.9 Å². The Morgan fingerprint density at radius 3 is 2.75 bits per heavy atom. The van der Waals surface area contributed by atoms with Crippen molar-refractivity contribution in [3.8, 4) is 0 Å². The second-order valence-electron chi connectivity index (χ2n) is 5.52. The van der Waals surface area contributed by atoms with Crippen LogP contribution in [0.3, 0.4) is 0 Å². The predicted molar refractivity (Wildman–Crippen MR) is 98.8 cm³/mol. The lowest BCUT2D eigenvalue weighted by Gasteiger charge is -2.05. The van der Waals surface area contributed by atoms with Crippen molar-refractivity contribution in [3.63, 3.8) is 0 Å². The molecule has 3 N–H and O–H groups in total. The van der Waals surface area contributed by atoms with Crippen LogP contribution in [-0.4, -0.2) is 22.4 Å². The first-order valence-electron chi connectivity index (χ1n) is 7.50. The van der Waals surface area contributed by atoms with Gasteiger partial charge < -0.3 is 11.1 Å². The van der Waals surface area contributed by atoms with E-state index < -0.39 is 0 Å². The lowest BCUT2D eigenvalue weighted by atomic mass is 10.1. The maximum Gasteiger partial charge on any atom is 0.263 e. The van der Waals surface area contributed by atoms with Gasteiger partial charge in [0.15, 0.2) is 0 Å². The molecule has 0 aliphatic heterocycles. The highest BCUT2D eigenvalue weighted by Gasteiger charge is 2.20. The lowest BCUT2D eigenvalue weighted by Crippen LogP contribution is -2.25. The molecule has 0 aliphatic rings. The Balaban J connectivity index is 1.80. The number of aromatic nitrogens is 2. The zero-order valence-electron chi connectivity index (χ0n) is 13.4. The van der Waals surface area contributed by atoms with Crippen molar-refractivity contribution < 1.29 is 4.79 Å². The van der Waals surface area contributed by atoms with E-state index >= 15 is 0 Å². The molecule has 0 aromatic carbocycles. The molecule has 5 nitrogen and oxygen atoms in total. The third kappa shape index (κ3) is 3.07. The van der Waals surface area contributed by atoms with Gasteiger partial charge in [-0.05, 0) is 43.5 Å². The van der Waals surface area contributed by atoms with Gasteiger partial charge in [-0.1, -0.05) is 11.6 Å². The molecule has 3 aromatic rings. The minimum absolute atomic E-state index is 0.183. The van der Waals surface area contributed by atoms with Gasteiger partial charge in [-0.25, -0.2) is 4.98 Å². The SMILES string of the molecule is Cc1nc2sc(C(=O)NCCc3ccncc3)c(N)c2c(C)c1Cl. The largest absolute Gasteiger partial charge is 0.397 e. The van der Waals surface area contributed by atoms with Gasteiger partial charge in [-0.2, -0.15) is 0 Å². The maximum atomic E-state index is 12.5. The van der Waals surface area contributed by atoms with Crippen LogP contribution in [0, 0.1) is 13.8 Å². The Hall–Kier alpha value is -2.18. The standard InChI is InChI=1S/C17H17ClN4OS/c1-9-12-14(19)15(24-17(12)22-10(2)13(9)18)16(23)21-8-5-11-3-6-20-7-4-11/h3-4,6-7H,5,8,19H2,1-2H3,(H,21,23). The zero-order chi connectivity index (χ0) is 17.3. The number of carbonyl (C=O) groups excluding carboxylic acids is 1. The molecule has 0 unspecified atom stereocenters. The molecular formula is C17H17ClN4OS. The van der Waals surface area contributed by atoms with Crippen molar-refractivity contribution in [1.82, 2.24) is 15.3 Å². The van der Waals surface area contributed by atoms with E-state index in [2.05, 4.69) is 15.3 Å². The van der Waals surface area contributed by atoms with E-state index in [1.165, 1.54) is 11.3 Å². The maximum absolute atomic E-state index is 12.5. The van der Waals surface area contributed by atoms with Crippen LogP contribution >= 0.6 is 22.9 Å². The van der Waals surface area contributed by atoms with Crippen molar-refractivity contribution >= 4 is 44.7 Å². The number of aryl methyl sites for hydroxylation is 2. The third-order valence-electron chi connectivity index (χ3n) is 3.87. The summed E-state index contributed by atoms with van der Waals surface area (Å²) in [5.41, 5.74) is 9.36. The summed E-state index contributed by atoms with van der Waals surface area (Å²) in [5.74, 6) is -0.183. The van der Waals surface area contributed by atoms with E-state index in [9.17, 15) is 4.79 Å². The molecule has 7 heteroatoms. The summed E-state index contributed by atoms with van der Waals surface area (Å²) >= 11 is 7.55. The molecule has 0 spiro atoms. The summed E-state index contributed by atoms with van der Waals surface area (Å²) in [6, 6.07) is 3.86. The number of pyridine rings is 2. The monoisotopic (exact) mass is 360 g/mol. The van der Waals surface area contributed by atoms with Gasteiger partial charge in [-0.3, -0.25) is 9.78 Å². The van der Waals surface area contributed by atoms with Crippen LogP contribution < -0.4 is 11.1 Å². The number of amides is 1. The minimum atomic E-state index is -0.183. The van der Waals surface area contributed by atoms with Gasteiger partial charge in [-0.15, -0.1) is 11.3 Å². The van der Waals surface area contributed by atoms with E-state index in [0.717, 1.165) is 33.5 Å². The van der Waals surface area contributed by atoms with Crippen LogP contribution in [0.4, 0.5) is 5.69 Å². The molecule has 1 amide bonds. The fraction of sp³-hybridized carbons (Fsp3) is 0.235. The smallest absolute Gasteiger partial charge is 0.263 e. The number of nitrogens with zero attached hydrogens (tertiary/aromatic N) is 2. The van der Waals surface area contributed by atoms with Gasteiger partial charge in [0.2, 0.25) is 0 Å². The number of fused-ring (bicyclic) bond motifs is 1. The molecule has 0 saturated heterocycles. The number of nitrogens with one attached hydrogen (secondary N) is 1. The van der Waals surface area contributed by atoms with Crippen molar-refractivity contribution in [2.75, 3.05) is 12.3 Å². The van der Waals surface area contributed by atoms with Gasteiger partial charge in [0, 0.05) is 24.3 Å². The Bertz CT molecular complexity index is 908. The van der Waals surface area contributed by atoms with Crippen LogP contribution in [0.1, 0.15) is 26.5 Å². The molecule has 0 aliphatic carbocycles. The van der Waals surface area contributed by atoms with E-state index in [1.807, 2.05) is 26.0 Å². The quantitative estimate of drug-likeness (QED) is 0.746. The van der Waals surface area contributed by atoms with Gasteiger partial charge in [0.05, 0.1) is 16.4 Å². The first-order chi connectivity index (χ1) is 11.5. The van der Waals surface area contributed by atoms with E-state index in [-0.39, 0.29) is 5.91 Å². The van der Waals surface area contributed by atoms with Crippen LogP contribution in [0.15, 0.2) is 24.5 Å². The first kappa shape index (κ1) is 16.7. The molecule has 0 bridgehead atoms. The Labute approximate surface area is 148 Å². The highest BCUT2D eigenvalue weighted by Crippen LogP contribution is 2.38. The summed E-state index contributed by atoms with van der Waals surface area (Å²) < 4.78 is 0. The van der Waals surface area contributed by atoms with Crippen molar-refractivity contribution in [2.24, 2.45) is 0 Å². The Morgan fingerprint density at radius 2 is 2.04 bits per heavy atom. The molecule has 3 rings (SSSR count). The second-order valence-corrected chi connectivity index (χ2v) is 6.90. The Morgan fingerprint density at radius 1 is 1.33 bits per heavy atom. The molecule has 24 heavy (non-hydrogen) atoms. The number of nitrogens with two attached hydrogens (primary N) is 1. The average Bonchev–Trinajstić information content (AvgIpc) is 2.90. The summed E-state index contributed by atoms with van der Waals surface area (Å²) in [6.07, 6.45) is 4.21. The number of thiophene rings is 1. The predicted octanol–water partition coefficient (Wildman–Crippen LogP) is 3.52. The molecular weight excluding hydrogens is 344 g/mol. The van der Waals surface area contributed by atoms with Crippen molar-refractivity contribution in [1.29, 1.82) is 0 Å². The van der Waals surface area contributed by atoms with Gasteiger partial charge in [0.25, 0.3) is 5.91 Å². The van der Waals surface area contributed by atoms with E-state index in [0.29, 0.717) is 22.1 Å². The first-order valence-corrected chi connectivity index (χ1v) is 8.70. The molecule has 0 fully saturated rings. The minimum Gasteiger partial charge on any atom is -0.397 e. The summed E-state index contributed by atoms with van der Waals surface area (Å²) in [6.45, 7) is 4.27. The van der Waals surface area contributed by atoms with Crippen molar-refractivity contribution in [2.45, 2.75) is 20.3 Å². The third-order valence-corrected chi connectivity index (χ3v) is 5.53. The van der Waals surface area contributed by atoms with Crippen LogP contribution in [-0.2, 0) is 6.42 Å². The van der Waals surface area contributed by atoms with Crippen LogP contribution in [0.5, 0.6) is 0 Å². The van der Waals surface area contributed by atoms with Crippen LogP contribution in [0.25, 0.3) is 10.2 Å². The van der Waals surface area contributed by atoms with Crippen LogP contribution in [0.2, 0.25) is 5.02 Å². The molecule has 124 valence electrons. The molecule has 0 radical (unpaired) electrons. The molecule has 3 heterocycles. The number of anilines is 1. The number of hydrogen-bond donors (Lipinski definition) is 2. The fourth-order valence-corrected chi connectivity index (χ4v) is 3.83. The van der Waals surface area contributed by atoms with E-state index in [1.54, 1.807) is 12.4 Å². The summed E-state index contributed by atoms with van der Waals surface area (Å²) in [4.78, 5) is 22.1. The Kier molecular flexibility index (Phi) is 4.69. The number of rotatable bonds is 4. The molecule has 3 aromatic heterocycles. The molecule has 0 atom stereocenters. The zero-order valence-corrected chi connectivity index (χ0v) is 15.0. The highest BCUT2D eigenvalue weighted by atomic mass is 35.5. The van der Waals surface area contributed by atoms with Gasteiger partial charge in [0.1, 0.15) is 9.71 Å². The molecule has 0 saturated carbocycles. The average molecular weight is 361 g/mol. The van der Waals surface area contributed by atoms with Gasteiger partial charge >= 0.3 is 0 Å². The highest BCUT2D eigenvalue weighted by molar-refractivity contribution is 7.21. The number of halogens is 1. The summed E-state index contributed by atoms with van der Waals surface area (Å²) in [5, 5.41) is 4.28. The number of nitrogen functional groups attached to an aromatic ring is 1. The number of hydrogen-bond acceptors (Lipinski definition) is 5. The van der Waals surface area contributed by atoms with Crippen molar-refractivity contribution in [3.05, 3.63) is 51.2 Å². The fourth-order valence-electron chi connectivity index (χ4n) is 2.57. The van der Waals surface area contributed by atoms with E-state index in [4.69, 9.17) is 17.3 Å². The normalized spacial score (nSPS) is 11.0. The second kappa shape index (κ2) is 6.75. The lowest BCUT2D eigenvalue weighted by molar-refractivity contribution is 0.0959. The number of carbonyl (C=O) groups is 1.